The van der Waals surface area contributed by atoms with Crippen LogP contribution in [0.5, 0.6) is 0 Å². The number of aromatic carboxylic acids is 1. The van der Waals surface area contributed by atoms with Gasteiger partial charge in [-0.3, -0.25) is 0 Å². The van der Waals surface area contributed by atoms with Gasteiger partial charge in [-0.05, 0) is 13.8 Å². The third kappa shape index (κ3) is 2.07. The summed E-state index contributed by atoms with van der Waals surface area (Å²) >= 11 is 1.68. The lowest BCUT2D eigenvalue weighted by Crippen LogP contribution is -2.48. The van der Waals surface area contributed by atoms with Gasteiger partial charge in [-0.2, -0.15) is 0 Å². The molecule has 0 bridgehead atoms. The number of aromatic nitrogens is 4. The lowest BCUT2D eigenvalue weighted by Gasteiger charge is -2.38. The molecule has 0 amide bonds. The summed E-state index contributed by atoms with van der Waals surface area (Å²) < 4.78 is 1.62. The zero-order chi connectivity index (χ0) is 13.6. The molecule has 0 radical (unpaired) electrons. The number of carboxylic acids is 1. The molecule has 8 heteroatoms. The molecule has 2 aromatic rings. The van der Waals surface area contributed by atoms with E-state index in [-0.39, 0.29) is 11.7 Å². The fraction of sp³-hybridized carbons (Fsp3) is 0.455. The molecule has 0 aromatic carbocycles. The van der Waals surface area contributed by atoms with Crippen LogP contribution in [0.1, 0.15) is 27.1 Å². The monoisotopic (exact) mass is 279 g/mol. The van der Waals surface area contributed by atoms with Gasteiger partial charge in [0.2, 0.25) is 0 Å². The van der Waals surface area contributed by atoms with Gasteiger partial charge in [-0.1, -0.05) is 5.21 Å². The van der Waals surface area contributed by atoms with E-state index < -0.39 is 5.97 Å². The summed E-state index contributed by atoms with van der Waals surface area (Å²) in [7, 11) is 0. The number of hydrogen-bond donors (Lipinski definition) is 1. The SMILES string of the molecule is Cc1nc(N2CC(n3cc(C(=O)O)nn3)C2)sc1C. The van der Waals surface area contributed by atoms with Crippen LogP contribution in [-0.4, -0.2) is 44.1 Å². The molecule has 0 unspecified atom stereocenters. The first-order chi connectivity index (χ1) is 9.04. The van der Waals surface area contributed by atoms with Gasteiger partial charge in [0.05, 0.1) is 17.9 Å². The van der Waals surface area contributed by atoms with E-state index in [0.29, 0.717) is 0 Å². The molecule has 1 aliphatic heterocycles. The summed E-state index contributed by atoms with van der Waals surface area (Å²) in [5.41, 5.74) is 1.05. The first-order valence-corrected chi connectivity index (χ1v) is 6.70. The van der Waals surface area contributed by atoms with Gasteiger partial charge in [0.25, 0.3) is 0 Å². The highest BCUT2D eigenvalue weighted by Gasteiger charge is 2.31. The number of aryl methyl sites for hydroxylation is 2. The van der Waals surface area contributed by atoms with E-state index in [1.54, 1.807) is 16.0 Å². The maximum absolute atomic E-state index is 10.7. The van der Waals surface area contributed by atoms with Crippen molar-refractivity contribution in [3.05, 3.63) is 22.5 Å². The molecule has 0 aliphatic carbocycles. The van der Waals surface area contributed by atoms with Gasteiger partial charge in [0.15, 0.2) is 10.8 Å². The molecular formula is C11H13N5O2S. The molecule has 3 rings (SSSR count). The van der Waals surface area contributed by atoms with Gasteiger partial charge < -0.3 is 10.0 Å². The average Bonchev–Trinajstić information content (AvgIpc) is 2.86. The van der Waals surface area contributed by atoms with E-state index >= 15 is 0 Å². The maximum atomic E-state index is 10.7. The molecule has 7 nitrogen and oxygen atoms in total. The molecule has 1 saturated heterocycles. The van der Waals surface area contributed by atoms with Crippen LogP contribution in [0.15, 0.2) is 6.20 Å². The van der Waals surface area contributed by atoms with Crippen molar-refractivity contribution < 1.29 is 9.90 Å². The van der Waals surface area contributed by atoms with Crippen molar-refractivity contribution in [1.29, 1.82) is 0 Å². The van der Waals surface area contributed by atoms with Crippen molar-refractivity contribution in [2.24, 2.45) is 0 Å². The minimum absolute atomic E-state index is 0.0145. The van der Waals surface area contributed by atoms with Crippen LogP contribution in [0.4, 0.5) is 5.13 Å². The Morgan fingerprint density at radius 3 is 2.74 bits per heavy atom. The quantitative estimate of drug-likeness (QED) is 0.906. The van der Waals surface area contributed by atoms with E-state index in [0.717, 1.165) is 23.9 Å². The van der Waals surface area contributed by atoms with Crippen LogP contribution in [0.3, 0.4) is 0 Å². The van der Waals surface area contributed by atoms with Crippen molar-refractivity contribution in [3.63, 3.8) is 0 Å². The molecule has 0 spiro atoms. The number of nitrogens with zero attached hydrogens (tertiary/aromatic N) is 5. The second-order valence-corrected chi connectivity index (χ2v) is 5.77. The fourth-order valence-corrected chi connectivity index (χ4v) is 2.85. The number of rotatable bonds is 3. The van der Waals surface area contributed by atoms with E-state index in [9.17, 15) is 4.79 Å². The van der Waals surface area contributed by atoms with Crippen LogP contribution in [-0.2, 0) is 0 Å². The lowest BCUT2D eigenvalue weighted by atomic mass is 10.1. The van der Waals surface area contributed by atoms with E-state index in [2.05, 4.69) is 27.1 Å². The number of thiazole rings is 1. The standard InChI is InChI=1S/C11H13N5O2S/c1-6-7(2)19-11(12-6)15-3-8(4-15)16-5-9(10(17)18)13-14-16/h5,8H,3-4H2,1-2H3,(H,17,18). The molecule has 3 heterocycles. The molecule has 1 N–H and O–H groups in total. The smallest absolute Gasteiger partial charge is 0.358 e. The summed E-state index contributed by atoms with van der Waals surface area (Å²) in [6.45, 7) is 5.64. The van der Waals surface area contributed by atoms with Crippen LogP contribution < -0.4 is 4.90 Å². The topological polar surface area (TPSA) is 84.1 Å². The Balaban J connectivity index is 1.67. The average molecular weight is 279 g/mol. The highest BCUT2D eigenvalue weighted by molar-refractivity contribution is 7.15. The highest BCUT2D eigenvalue weighted by Crippen LogP contribution is 2.32. The van der Waals surface area contributed by atoms with E-state index in [1.165, 1.54) is 11.1 Å². The summed E-state index contributed by atoms with van der Waals surface area (Å²) in [5.74, 6) is -1.05. The summed E-state index contributed by atoms with van der Waals surface area (Å²) in [6, 6.07) is 0.171. The normalized spacial score (nSPS) is 15.6. The molecular weight excluding hydrogens is 266 g/mol. The predicted octanol–water partition coefficient (Wildman–Crippen LogP) is 1.11. The third-order valence-electron chi connectivity index (χ3n) is 3.25. The molecule has 19 heavy (non-hydrogen) atoms. The van der Waals surface area contributed by atoms with Crippen molar-refractivity contribution in [1.82, 2.24) is 20.0 Å². The first-order valence-electron chi connectivity index (χ1n) is 5.88. The van der Waals surface area contributed by atoms with Gasteiger partial charge in [-0.25, -0.2) is 14.5 Å². The summed E-state index contributed by atoms with van der Waals surface area (Å²) in [6.07, 6.45) is 1.47. The molecule has 100 valence electrons. The Morgan fingerprint density at radius 1 is 1.47 bits per heavy atom. The number of anilines is 1. The van der Waals surface area contributed by atoms with Crippen molar-refractivity contribution in [2.75, 3.05) is 18.0 Å². The Morgan fingerprint density at radius 2 is 2.21 bits per heavy atom. The van der Waals surface area contributed by atoms with E-state index in [4.69, 9.17) is 5.11 Å². The van der Waals surface area contributed by atoms with Gasteiger partial charge in [0.1, 0.15) is 0 Å². The van der Waals surface area contributed by atoms with Crippen LogP contribution in [0, 0.1) is 13.8 Å². The number of carboxylic acid groups (broad SMARTS) is 1. The van der Waals surface area contributed by atoms with Crippen LogP contribution >= 0.6 is 11.3 Å². The van der Waals surface area contributed by atoms with Gasteiger partial charge >= 0.3 is 5.97 Å². The number of hydrogen-bond acceptors (Lipinski definition) is 6. The highest BCUT2D eigenvalue weighted by atomic mass is 32.1. The Labute approximate surface area is 113 Å². The fourth-order valence-electron chi connectivity index (χ4n) is 1.92. The zero-order valence-electron chi connectivity index (χ0n) is 10.6. The van der Waals surface area contributed by atoms with Gasteiger partial charge in [-0.15, -0.1) is 16.4 Å². The zero-order valence-corrected chi connectivity index (χ0v) is 11.4. The summed E-state index contributed by atoms with van der Waals surface area (Å²) in [4.78, 5) is 18.6. The van der Waals surface area contributed by atoms with Crippen molar-refractivity contribution in [2.45, 2.75) is 19.9 Å². The maximum Gasteiger partial charge on any atom is 0.358 e. The molecule has 0 saturated carbocycles. The third-order valence-corrected chi connectivity index (χ3v) is 4.39. The molecule has 2 aromatic heterocycles. The predicted molar refractivity (Wildman–Crippen MR) is 69.8 cm³/mol. The summed E-state index contributed by atoms with van der Waals surface area (Å²) in [5, 5.41) is 17.3. The Hall–Kier alpha value is -1.96. The minimum Gasteiger partial charge on any atom is -0.476 e. The molecule has 1 fully saturated rings. The molecule has 0 atom stereocenters. The van der Waals surface area contributed by atoms with Gasteiger partial charge in [0, 0.05) is 18.0 Å². The first kappa shape index (κ1) is 12.1. The lowest BCUT2D eigenvalue weighted by molar-refractivity contribution is 0.0690. The van der Waals surface area contributed by atoms with Crippen LogP contribution in [0.2, 0.25) is 0 Å². The number of carbonyl (C=O) groups is 1. The molecule has 1 aliphatic rings. The second kappa shape index (κ2) is 4.30. The minimum atomic E-state index is -1.05. The van der Waals surface area contributed by atoms with Crippen molar-refractivity contribution >= 4 is 22.4 Å². The van der Waals surface area contributed by atoms with Crippen molar-refractivity contribution in [3.8, 4) is 0 Å². The Kier molecular flexibility index (Phi) is 2.74. The largest absolute Gasteiger partial charge is 0.476 e. The van der Waals surface area contributed by atoms with Crippen LogP contribution in [0.25, 0.3) is 0 Å². The van der Waals surface area contributed by atoms with E-state index in [1.807, 2.05) is 6.92 Å². The Bertz CT molecular complexity index is 609. The second-order valence-electron chi connectivity index (χ2n) is 4.59.